The van der Waals surface area contributed by atoms with Gasteiger partial charge >= 0.3 is 0 Å². The first kappa shape index (κ1) is 7.56. The van der Waals surface area contributed by atoms with Crippen LogP contribution in [-0.4, -0.2) is 36.2 Å². The van der Waals surface area contributed by atoms with Crippen molar-refractivity contribution in [2.24, 2.45) is 0 Å². The summed E-state index contributed by atoms with van der Waals surface area (Å²) in [6, 6.07) is 0.696. The topological polar surface area (TPSA) is 12.5 Å². The Kier molecular flexibility index (Phi) is 1.69. The van der Waals surface area contributed by atoms with E-state index in [9.17, 15) is 0 Å². The van der Waals surface area contributed by atoms with Gasteiger partial charge in [0.15, 0.2) is 0 Å². The van der Waals surface area contributed by atoms with Crippen LogP contribution in [0.3, 0.4) is 0 Å². The molecule has 0 aromatic carbocycles. The quantitative estimate of drug-likeness (QED) is 0.565. The molecule has 0 aromatic heterocycles. The summed E-state index contributed by atoms with van der Waals surface area (Å²) in [6.07, 6.45) is 2.72. The van der Waals surface area contributed by atoms with Gasteiger partial charge in [-0.3, -0.25) is 4.90 Å². The van der Waals surface area contributed by atoms with Gasteiger partial charge in [-0.15, -0.1) is 0 Å². The van der Waals surface area contributed by atoms with E-state index in [1.807, 2.05) is 0 Å². The van der Waals surface area contributed by atoms with Gasteiger partial charge in [0.25, 0.3) is 0 Å². The molecule has 2 nitrogen and oxygen atoms in total. The predicted octanol–water partition coefficient (Wildman–Crippen LogP) is 1.26. The van der Waals surface area contributed by atoms with Crippen LogP contribution in [-0.2, 0) is 4.74 Å². The monoisotopic (exact) mass is 155 g/mol. The smallest absolute Gasteiger partial charge is 0.0681 e. The summed E-state index contributed by atoms with van der Waals surface area (Å²) in [5.74, 6) is 0. The molecule has 0 aliphatic carbocycles. The third-order valence-electron chi connectivity index (χ3n) is 3.02. The zero-order valence-corrected chi connectivity index (χ0v) is 7.47. The Labute approximate surface area is 68.5 Å². The number of nitrogens with zero attached hydrogens (tertiary/aromatic N) is 1. The van der Waals surface area contributed by atoms with Gasteiger partial charge < -0.3 is 4.74 Å². The SMILES string of the molecule is CC(C)N1CCCC12COC2. The third-order valence-corrected chi connectivity index (χ3v) is 3.02. The Morgan fingerprint density at radius 2 is 2.09 bits per heavy atom. The molecule has 2 saturated heterocycles. The summed E-state index contributed by atoms with van der Waals surface area (Å²) >= 11 is 0. The zero-order chi connectivity index (χ0) is 7.90. The highest BCUT2D eigenvalue weighted by Gasteiger charge is 2.47. The molecule has 0 aromatic rings. The Hall–Kier alpha value is -0.0800. The second-order valence-electron chi connectivity index (χ2n) is 4.11. The van der Waals surface area contributed by atoms with Gasteiger partial charge in [0.2, 0.25) is 0 Å². The molecule has 0 radical (unpaired) electrons. The fraction of sp³-hybridized carbons (Fsp3) is 1.00. The molecular formula is C9H17NO. The number of hydrogen-bond donors (Lipinski definition) is 0. The van der Waals surface area contributed by atoms with Crippen molar-refractivity contribution in [3.8, 4) is 0 Å². The summed E-state index contributed by atoms with van der Waals surface area (Å²) in [7, 11) is 0. The standard InChI is InChI=1S/C9H17NO/c1-8(2)10-5-3-4-9(10)6-11-7-9/h8H,3-7H2,1-2H3. The average Bonchev–Trinajstić information content (AvgIpc) is 2.27. The van der Waals surface area contributed by atoms with E-state index in [0.29, 0.717) is 11.6 Å². The minimum atomic E-state index is 0.466. The Morgan fingerprint density at radius 1 is 1.36 bits per heavy atom. The van der Waals surface area contributed by atoms with E-state index in [0.717, 1.165) is 13.2 Å². The molecule has 2 aliphatic rings. The van der Waals surface area contributed by atoms with E-state index in [4.69, 9.17) is 4.74 Å². The van der Waals surface area contributed by atoms with Crippen LogP contribution in [0.4, 0.5) is 0 Å². The van der Waals surface area contributed by atoms with Crippen molar-refractivity contribution >= 4 is 0 Å². The molecule has 0 saturated carbocycles. The fourth-order valence-electron chi connectivity index (χ4n) is 2.41. The zero-order valence-electron chi connectivity index (χ0n) is 7.47. The molecular weight excluding hydrogens is 138 g/mol. The first-order valence-electron chi connectivity index (χ1n) is 4.59. The molecule has 11 heavy (non-hydrogen) atoms. The van der Waals surface area contributed by atoms with Crippen LogP contribution in [0.1, 0.15) is 26.7 Å². The van der Waals surface area contributed by atoms with Crippen LogP contribution in [0.2, 0.25) is 0 Å². The van der Waals surface area contributed by atoms with Crippen molar-refractivity contribution in [3.63, 3.8) is 0 Å². The second kappa shape index (κ2) is 2.46. The van der Waals surface area contributed by atoms with Crippen LogP contribution in [0.5, 0.6) is 0 Å². The van der Waals surface area contributed by atoms with Crippen molar-refractivity contribution in [1.82, 2.24) is 4.90 Å². The van der Waals surface area contributed by atoms with Gasteiger partial charge in [-0.25, -0.2) is 0 Å². The maximum Gasteiger partial charge on any atom is 0.0681 e. The van der Waals surface area contributed by atoms with Gasteiger partial charge in [0.05, 0.1) is 18.8 Å². The molecule has 1 spiro atoms. The van der Waals surface area contributed by atoms with E-state index in [-0.39, 0.29) is 0 Å². The molecule has 2 heteroatoms. The first-order chi connectivity index (χ1) is 5.25. The first-order valence-corrected chi connectivity index (χ1v) is 4.59. The Bertz CT molecular complexity index is 152. The molecule has 0 atom stereocenters. The lowest BCUT2D eigenvalue weighted by Crippen LogP contribution is -2.60. The van der Waals surface area contributed by atoms with Crippen LogP contribution < -0.4 is 0 Å². The van der Waals surface area contributed by atoms with Crippen molar-refractivity contribution in [3.05, 3.63) is 0 Å². The molecule has 2 heterocycles. The van der Waals surface area contributed by atoms with Gasteiger partial charge in [-0.2, -0.15) is 0 Å². The normalized spacial score (nSPS) is 29.7. The van der Waals surface area contributed by atoms with E-state index in [1.165, 1.54) is 19.4 Å². The maximum atomic E-state index is 5.30. The third kappa shape index (κ3) is 1.00. The molecule has 0 amide bonds. The predicted molar refractivity (Wildman–Crippen MR) is 44.6 cm³/mol. The highest BCUT2D eigenvalue weighted by atomic mass is 16.5. The lowest BCUT2D eigenvalue weighted by atomic mass is 9.93. The summed E-state index contributed by atoms with van der Waals surface area (Å²) in [5, 5.41) is 0. The number of hydrogen-bond acceptors (Lipinski definition) is 2. The second-order valence-corrected chi connectivity index (χ2v) is 4.11. The van der Waals surface area contributed by atoms with Gasteiger partial charge in [-0.05, 0) is 33.2 Å². The minimum Gasteiger partial charge on any atom is -0.377 e. The summed E-state index contributed by atoms with van der Waals surface area (Å²) in [5.41, 5.74) is 0.466. The van der Waals surface area contributed by atoms with Gasteiger partial charge in [0, 0.05) is 6.04 Å². The number of ether oxygens (including phenoxy) is 1. The summed E-state index contributed by atoms with van der Waals surface area (Å²) < 4.78 is 5.30. The summed E-state index contributed by atoms with van der Waals surface area (Å²) in [6.45, 7) is 7.80. The highest BCUT2D eigenvalue weighted by molar-refractivity contribution is 5.01. The highest BCUT2D eigenvalue weighted by Crippen LogP contribution is 2.36. The number of likely N-dealkylation sites (tertiary alicyclic amines) is 1. The largest absolute Gasteiger partial charge is 0.377 e. The minimum absolute atomic E-state index is 0.466. The van der Waals surface area contributed by atoms with Crippen LogP contribution in [0, 0.1) is 0 Å². The molecule has 0 N–H and O–H groups in total. The van der Waals surface area contributed by atoms with Crippen LogP contribution in [0.15, 0.2) is 0 Å². The molecule has 0 bridgehead atoms. The molecule has 2 fully saturated rings. The molecule has 64 valence electrons. The van der Waals surface area contributed by atoms with Crippen molar-refractivity contribution in [2.45, 2.75) is 38.3 Å². The average molecular weight is 155 g/mol. The van der Waals surface area contributed by atoms with E-state index >= 15 is 0 Å². The van der Waals surface area contributed by atoms with Crippen molar-refractivity contribution in [2.75, 3.05) is 19.8 Å². The van der Waals surface area contributed by atoms with Gasteiger partial charge in [-0.1, -0.05) is 0 Å². The van der Waals surface area contributed by atoms with Crippen LogP contribution in [0.25, 0.3) is 0 Å². The van der Waals surface area contributed by atoms with Crippen molar-refractivity contribution in [1.29, 1.82) is 0 Å². The Morgan fingerprint density at radius 3 is 2.45 bits per heavy atom. The number of rotatable bonds is 1. The molecule has 0 unspecified atom stereocenters. The Balaban J connectivity index is 2.07. The fourth-order valence-corrected chi connectivity index (χ4v) is 2.41. The lowest BCUT2D eigenvalue weighted by Gasteiger charge is -2.47. The van der Waals surface area contributed by atoms with E-state index in [2.05, 4.69) is 18.7 Å². The van der Waals surface area contributed by atoms with Crippen molar-refractivity contribution < 1.29 is 4.74 Å². The van der Waals surface area contributed by atoms with E-state index in [1.54, 1.807) is 0 Å². The maximum absolute atomic E-state index is 5.30. The van der Waals surface area contributed by atoms with Gasteiger partial charge in [0.1, 0.15) is 0 Å². The molecule has 2 aliphatic heterocycles. The lowest BCUT2D eigenvalue weighted by molar-refractivity contribution is -0.131. The summed E-state index contributed by atoms with van der Waals surface area (Å²) in [4.78, 5) is 2.61. The van der Waals surface area contributed by atoms with E-state index < -0.39 is 0 Å². The van der Waals surface area contributed by atoms with Crippen LogP contribution >= 0.6 is 0 Å². The molecule has 2 rings (SSSR count).